The molecule has 0 aliphatic carbocycles. The van der Waals surface area contributed by atoms with E-state index in [2.05, 4.69) is 75.9 Å². The van der Waals surface area contributed by atoms with E-state index in [-0.39, 0.29) is 0 Å². The maximum Gasteiger partial charge on any atom is 0.0639 e. The second-order valence-electron chi connectivity index (χ2n) is 4.35. The molecule has 1 aromatic carbocycles. The van der Waals surface area contributed by atoms with Crippen LogP contribution >= 0.6 is 38.5 Å². The molecule has 0 saturated heterocycles. The van der Waals surface area contributed by atoms with Crippen LogP contribution in [0.25, 0.3) is 0 Å². The minimum Gasteiger partial charge on any atom is -0.383 e. The van der Waals surface area contributed by atoms with Gasteiger partial charge in [-0.25, -0.2) is 0 Å². The molecule has 0 aliphatic rings. The lowest BCUT2D eigenvalue weighted by molar-refractivity contribution is 0.132. The maximum atomic E-state index is 5.54. The van der Waals surface area contributed by atoms with Gasteiger partial charge in [-0.3, -0.25) is 0 Å². The van der Waals surface area contributed by atoms with Crippen molar-refractivity contribution < 1.29 is 4.74 Å². The summed E-state index contributed by atoms with van der Waals surface area (Å²) in [4.78, 5) is 0. The molecule has 4 heteroatoms. The molecular weight excluding hydrogens is 393 g/mol. The van der Waals surface area contributed by atoms with Crippen molar-refractivity contribution in [3.63, 3.8) is 0 Å². The van der Waals surface area contributed by atoms with Crippen LogP contribution in [-0.4, -0.2) is 19.8 Å². The third-order valence-corrected chi connectivity index (χ3v) is 4.67. The zero-order chi connectivity index (χ0) is 12.7. The minimum absolute atomic E-state index is 0.718. The molecule has 0 saturated carbocycles. The lowest BCUT2D eigenvalue weighted by Crippen LogP contribution is -2.10. The van der Waals surface area contributed by atoms with Gasteiger partial charge in [0.05, 0.1) is 6.61 Å². The number of benzene rings is 1. The number of halogens is 2. The predicted molar refractivity (Wildman–Crippen MR) is 85.6 cm³/mol. The highest BCUT2D eigenvalue weighted by molar-refractivity contribution is 14.1. The Bertz CT molecular complexity index is 344. The third-order valence-electron chi connectivity index (χ3n) is 2.33. The van der Waals surface area contributed by atoms with Gasteiger partial charge < -0.3 is 10.1 Å². The second kappa shape index (κ2) is 8.32. The van der Waals surface area contributed by atoms with Crippen LogP contribution in [0.4, 0.5) is 5.69 Å². The summed E-state index contributed by atoms with van der Waals surface area (Å²) in [6, 6.07) is 6.27. The molecule has 0 unspecified atom stereocenters. The van der Waals surface area contributed by atoms with Crippen LogP contribution in [0, 0.1) is 9.49 Å². The summed E-state index contributed by atoms with van der Waals surface area (Å²) >= 11 is 5.82. The highest BCUT2D eigenvalue weighted by atomic mass is 127. The number of nitrogens with one attached hydrogen (secondary N) is 1. The van der Waals surface area contributed by atoms with Crippen molar-refractivity contribution >= 4 is 44.2 Å². The van der Waals surface area contributed by atoms with Gasteiger partial charge in [0, 0.05) is 26.9 Å². The Balaban J connectivity index is 2.16. The van der Waals surface area contributed by atoms with Crippen molar-refractivity contribution in [2.24, 2.45) is 5.92 Å². The van der Waals surface area contributed by atoms with Crippen molar-refractivity contribution in [2.75, 3.05) is 25.1 Å². The molecule has 0 aromatic heterocycles. The van der Waals surface area contributed by atoms with Gasteiger partial charge in [0.1, 0.15) is 0 Å². The molecule has 0 spiro atoms. The number of rotatable bonds is 7. The molecule has 0 amide bonds. The van der Waals surface area contributed by atoms with Gasteiger partial charge in [-0.2, -0.15) is 0 Å². The van der Waals surface area contributed by atoms with Gasteiger partial charge >= 0.3 is 0 Å². The Kier molecular flexibility index (Phi) is 7.46. The van der Waals surface area contributed by atoms with Crippen LogP contribution in [0.5, 0.6) is 0 Å². The zero-order valence-electron chi connectivity index (χ0n) is 10.3. The van der Waals surface area contributed by atoms with E-state index in [9.17, 15) is 0 Å². The monoisotopic (exact) mass is 411 g/mol. The lowest BCUT2D eigenvalue weighted by Gasteiger charge is -2.09. The second-order valence-corrected chi connectivity index (χ2v) is 6.37. The Labute approximate surface area is 126 Å². The van der Waals surface area contributed by atoms with E-state index in [1.165, 1.54) is 3.57 Å². The number of hydrogen-bond acceptors (Lipinski definition) is 2. The van der Waals surface area contributed by atoms with Crippen molar-refractivity contribution in [1.82, 2.24) is 0 Å². The topological polar surface area (TPSA) is 21.3 Å². The molecule has 1 aromatic rings. The average molecular weight is 412 g/mol. The Morgan fingerprint density at radius 3 is 2.76 bits per heavy atom. The van der Waals surface area contributed by atoms with Crippen molar-refractivity contribution in [3.05, 3.63) is 26.2 Å². The largest absolute Gasteiger partial charge is 0.383 e. The van der Waals surface area contributed by atoms with E-state index in [1.807, 2.05) is 0 Å². The standard InChI is InChI=1S/C13H19BrINO/c1-10(2)5-7-17-8-6-16-11-3-4-13(15)12(14)9-11/h3-4,9-10,16H,5-8H2,1-2H3. The minimum atomic E-state index is 0.718. The first-order valence-corrected chi connectivity index (χ1v) is 7.73. The molecule has 0 aliphatic heterocycles. The average Bonchev–Trinajstić information content (AvgIpc) is 2.27. The first kappa shape index (κ1) is 15.2. The molecular formula is C13H19BrINO. The van der Waals surface area contributed by atoms with E-state index in [0.717, 1.165) is 42.3 Å². The summed E-state index contributed by atoms with van der Waals surface area (Å²) in [5.74, 6) is 0.718. The van der Waals surface area contributed by atoms with Gasteiger partial charge in [0.2, 0.25) is 0 Å². The van der Waals surface area contributed by atoms with Gasteiger partial charge in [-0.1, -0.05) is 13.8 Å². The number of ether oxygens (including phenoxy) is 1. The van der Waals surface area contributed by atoms with Crippen LogP contribution in [0.1, 0.15) is 20.3 Å². The molecule has 1 N–H and O–H groups in total. The van der Waals surface area contributed by atoms with Gasteiger partial charge in [0.15, 0.2) is 0 Å². The fraction of sp³-hybridized carbons (Fsp3) is 0.538. The van der Waals surface area contributed by atoms with Crippen LogP contribution in [0.3, 0.4) is 0 Å². The zero-order valence-corrected chi connectivity index (χ0v) is 14.0. The van der Waals surface area contributed by atoms with Crippen LogP contribution in [0.2, 0.25) is 0 Å². The molecule has 1 rings (SSSR count). The fourth-order valence-corrected chi connectivity index (χ4v) is 2.01. The number of anilines is 1. The summed E-state index contributed by atoms with van der Waals surface area (Å²) in [5, 5.41) is 3.34. The smallest absolute Gasteiger partial charge is 0.0639 e. The predicted octanol–water partition coefficient (Wildman–Crippen LogP) is 4.53. The van der Waals surface area contributed by atoms with Crippen molar-refractivity contribution in [1.29, 1.82) is 0 Å². The molecule has 2 nitrogen and oxygen atoms in total. The molecule has 0 bridgehead atoms. The van der Waals surface area contributed by atoms with Crippen LogP contribution < -0.4 is 5.32 Å². The first-order chi connectivity index (χ1) is 8.09. The molecule has 17 heavy (non-hydrogen) atoms. The maximum absolute atomic E-state index is 5.54. The summed E-state index contributed by atoms with van der Waals surface area (Å²) in [7, 11) is 0. The Morgan fingerprint density at radius 1 is 1.35 bits per heavy atom. The number of hydrogen-bond donors (Lipinski definition) is 1. The normalized spacial score (nSPS) is 10.9. The van der Waals surface area contributed by atoms with Gasteiger partial charge in [0.25, 0.3) is 0 Å². The fourth-order valence-electron chi connectivity index (χ4n) is 1.29. The lowest BCUT2D eigenvalue weighted by atomic mass is 10.1. The Morgan fingerprint density at radius 2 is 2.12 bits per heavy atom. The quantitative estimate of drug-likeness (QED) is 0.525. The summed E-state index contributed by atoms with van der Waals surface area (Å²) in [6.07, 6.45) is 1.13. The summed E-state index contributed by atoms with van der Waals surface area (Å²) in [6.45, 7) is 6.90. The molecule has 0 radical (unpaired) electrons. The summed E-state index contributed by atoms with van der Waals surface area (Å²) in [5.41, 5.74) is 1.13. The van der Waals surface area contributed by atoms with Crippen molar-refractivity contribution in [2.45, 2.75) is 20.3 Å². The van der Waals surface area contributed by atoms with E-state index in [1.54, 1.807) is 0 Å². The highest BCUT2D eigenvalue weighted by Gasteiger charge is 1.98. The first-order valence-electron chi connectivity index (χ1n) is 5.86. The van der Waals surface area contributed by atoms with Crippen LogP contribution in [0.15, 0.2) is 22.7 Å². The van der Waals surface area contributed by atoms with E-state index < -0.39 is 0 Å². The molecule has 96 valence electrons. The molecule has 0 atom stereocenters. The SMILES string of the molecule is CC(C)CCOCCNc1ccc(I)c(Br)c1. The van der Waals surface area contributed by atoms with Crippen molar-refractivity contribution in [3.8, 4) is 0 Å². The van der Waals surface area contributed by atoms with Crippen LogP contribution in [-0.2, 0) is 4.74 Å². The van der Waals surface area contributed by atoms with E-state index in [4.69, 9.17) is 4.74 Å². The molecule has 0 fully saturated rings. The van der Waals surface area contributed by atoms with E-state index >= 15 is 0 Å². The molecule has 0 heterocycles. The van der Waals surface area contributed by atoms with Gasteiger partial charge in [-0.15, -0.1) is 0 Å². The van der Waals surface area contributed by atoms with Gasteiger partial charge in [-0.05, 0) is 69.1 Å². The summed E-state index contributed by atoms with van der Waals surface area (Å²) < 4.78 is 7.90. The third kappa shape index (κ3) is 6.62. The highest BCUT2D eigenvalue weighted by Crippen LogP contribution is 2.22. The van der Waals surface area contributed by atoms with E-state index in [0.29, 0.717) is 0 Å². The Hall–Kier alpha value is 0.190.